The summed E-state index contributed by atoms with van der Waals surface area (Å²) in [5, 5.41) is 18.0. The molecule has 0 spiro atoms. The third-order valence-corrected chi connectivity index (χ3v) is 2.69. The zero-order valence-corrected chi connectivity index (χ0v) is 12.0. The molecule has 0 amide bonds. The lowest BCUT2D eigenvalue weighted by atomic mass is 10.1. The van der Waals surface area contributed by atoms with Crippen molar-refractivity contribution in [1.29, 1.82) is 0 Å². The highest BCUT2D eigenvalue weighted by Crippen LogP contribution is 2.10. The summed E-state index contributed by atoms with van der Waals surface area (Å²) in [6.07, 6.45) is 0. The average Bonchev–Trinajstić information content (AvgIpc) is 2.42. The monoisotopic (exact) mass is 307 g/mol. The average molecular weight is 308 g/mol. The number of nitrogen functional groups attached to an aromatic ring is 1. The van der Waals surface area contributed by atoms with Gasteiger partial charge in [-0.25, -0.2) is 9.59 Å². The van der Waals surface area contributed by atoms with Gasteiger partial charge >= 0.3 is 11.9 Å². The zero-order chi connectivity index (χ0) is 16.0. The summed E-state index contributed by atoms with van der Waals surface area (Å²) >= 11 is 5.56. The van der Waals surface area contributed by atoms with Gasteiger partial charge in [-0.15, -0.1) is 0 Å². The molecule has 0 unspecified atom stereocenters. The van der Waals surface area contributed by atoms with E-state index in [9.17, 15) is 9.59 Å². The standard InChI is InChI=1S/C9H8O4.C6H6ClN/c1-5-2-6(8(10)11)4-7(3-5)9(12)13;7-5-1-3-6(8)4-2-5/h2-4H,1H3,(H,10,11)(H,12,13);1-4H,8H2. The number of carbonyl (C=O) groups is 2. The molecular weight excluding hydrogens is 294 g/mol. The Balaban J connectivity index is 0.000000235. The minimum atomic E-state index is -1.12. The van der Waals surface area contributed by atoms with Gasteiger partial charge < -0.3 is 15.9 Å². The number of halogens is 1. The Morgan fingerprint density at radius 3 is 1.71 bits per heavy atom. The summed E-state index contributed by atoms with van der Waals surface area (Å²) in [5.41, 5.74) is 6.73. The highest BCUT2D eigenvalue weighted by atomic mass is 35.5. The third kappa shape index (κ3) is 5.54. The Kier molecular flexibility index (Phi) is 5.75. The van der Waals surface area contributed by atoms with E-state index in [1.54, 1.807) is 31.2 Å². The molecule has 2 aromatic rings. The van der Waals surface area contributed by atoms with Gasteiger partial charge in [-0.2, -0.15) is 0 Å². The second kappa shape index (κ2) is 7.31. The van der Waals surface area contributed by atoms with E-state index < -0.39 is 11.9 Å². The highest BCUT2D eigenvalue weighted by molar-refractivity contribution is 6.30. The van der Waals surface area contributed by atoms with Crippen LogP contribution in [-0.4, -0.2) is 22.2 Å². The molecule has 110 valence electrons. The quantitative estimate of drug-likeness (QED) is 0.739. The van der Waals surface area contributed by atoms with Crippen LogP contribution in [0.3, 0.4) is 0 Å². The van der Waals surface area contributed by atoms with Crippen LogP contribution in [0.1, 0.15) is 26.3 Å². The minimum absolute atomic E-state index is 0.00241. The lowest BCUT2D eigenvalue weighted by Crippen LogP contribution is -2.02. The molecule has 2 rings (SSSR count). The molecule has 0 atom stereocenters. The van der Waals surface area contributed by atoms with E-state index in [4.69, 9.17) is 27.5 Å². The Morgan fingerprint density at radius 2 is 1.38 bits per heavy atom. The molecule has 21 heavy (non-hydrogen) atoms. The molecule has 0 fully saturated rings. The van der Waals surface area contributed by atoms with Crippen molar-refractivity contribution < 1.29 is 19.8 Å². The van der Waals surface area contributed by atoms with Gasteiger partial charge in [-0.05, 0) is 55.0 Å². The van der Waals surface area contributed by atoms with Crippen LogP contribution in [0.5, 0.6) is 0 Å². The van der Waals surface area contributed by atoms with Crippen molar-refractivity contribution in [3.05, 3.63) is 64.2 Å². The van der Waals surface area contributed by atoms with Crippen LogP contribution in [0.15, 0.2) is 42.5 Å². The van der Waals surface area contributed by atoms with Gasteiger partial charge in [0.2, 0.25) is 0 Å². The van der Waals surface area contributed by atoms with Crippen molar-refractivity contribution in [2.45, 2.75) is 6.92 Å². The summed E-state index contributed by atoms with van der Waals surface area (Å²) < 4.78 is 0. The van der Waals surface area contributed by atoms with Gasteiger partial charge in [-0.1, -0.05) is 11.6 Å². The zero-order valence-electron chi connectivity index (χ0n) is 11.2. The maximum atomic E-state index is 10.5. The fourth-order valence-electron chi connectivity index (χ4n) is 1.49. The van der Waals surface area contributed by atoms with Crippen LogP contribution in [0.4, 0.5) is 5.69 Å². The van der Waals surface area contributed by atoms with E-state index in [1.807, 2.05) is 0 Å². The van der Waals surface area contributed by atoms with Gasteiger partial charge in [0.15, 0.2) is 0 Å². The minimum Gasteiger partial charge on any atom is -0.478 e. The summed E-state index contributed by atoms with van der Waals surface area (Å²) in [4.78, 5) is 21.1. The van der Waals surface area contributed by atoms with Gasteiger partial charge in [0.1, 0.15) is 0 Å². The number of carboxylic acids is 2. The van der Waals surface area contributed by atoms with Gasteiger partial charge in [-0.3, -0.25) is 0 Å². The fourth-order valence-corrected chi connectivity index (χ4v) is 1.62. The number of hydrogen-bond acceptors (Lipinski definition) is 3. The number of nitrogens with two attached hydrogens (primary N) is 1. The first-order valence-electron chi connectivity index (χ1n) is 5.89. The molecule has 0 heterocycles. The van der Waals surface area contributed by atoms with E-state index in [-0.39, 0.29) is 11.1 Å². The Hall–Kier alpha value is -2.53. The summed E-state index contributed by atoms with van der Waals surface area (Å²) in [7, 11) is 0. The number of hydrogen-bond donors (Lipinski definition) is 3. The second-order valence-corrected chi connectivity index (χ2v) is 4.69. The van der Waals surface area contributed by atoms with Crippen LogP contribution in [0.2, 0.25) is 5.02 Å². The van der Waals surface area contributed by atoms with Gasteiger partial charge in [0, 0.05) is 10.7 Å². The molecule has 0 aliphatic heterocycles. The molecule has 0 aliphatic carbocycles. The Labute approximate surface area is 126 Å². The molecular formula is C15H14ClNO4. The number of rotatable bonds is 2. The lowest BCUT2D eigenvalue weighted by Gasteiger charge is -1.99. The van der Waals surface area contributed by atoms with Crippen molar-refractivity contribution in [3.8, 4) is 0 Å². The summed E-state index contributed by atoms with van der Waals surface area (Å²) in [5.74, 6) is -2.24. The van der Waals surface area contributed by atoms with E-state index >= 15 is 0 Å². The SMILES string of the molecule is Cc1cc(C(=O)O)cc(C(=O)O)c1.Nc1ccc(Cl)cc1. The first-order valence-corrected chi connectivity index (χ1v) is 6.26. The van der Waals surface area contributed by atoms with Crippen molar-refractivity contribution in [2.24, 2.45) is 0 Å². The largest absolute Gasteiger partial charge is 0.478 e. The predicted octanol–water partition coefficient (Wildman–Crippen LogP) is 3.31. The Bertz CT molecular complexity index is 600. The maximum absolute atomic E-state index is 10.5. The van der Waals surface area contributed by atoms with E-state index in [0.717, 1.165) is 16.8 Å². The van der Waals surface area contributed by atoms with Crippen LogP contribution >= 0.6 is 11.6 Å². The highest BCUT2D eigenvalue weighted by Gasteiger charge is 2.09. The third-order valence-electron chi connectivity index (χ3n) is 2.44. The van der Waals surface area contributed by atoms with Crippen LogP contribution in [0, 0.1) is 6.92 Å². The molecule has 2 aromatic carbocycles. The van der Waals surface area contributed by atoms with Crippen molar-refractivity contribution in [1.82, 2.24) is 0 Å². The fraction of sp³-hybridized carbons (Fsp3) is 0.0667. The van der Waals surface area contributed by atoms with Crippen molar-refractivity contribution in [3.63, 3.8) is 0 Å². The van der Waals surface area contributed by atoms with Crippen LogP contribution < -0.4 is 5.73 Å². The molecule has 6 heteroatoms. The molecule has 0 saturated carbocycles. The molecule has 4 N–H and O–H groups in total. The van der Waals surface area contributed by atoms with Crippen LogP contribution in [-0.2, 0) is 0 Å². The van der Waals surface area contributed by atoms with Crippen molar-refractivity contribution >= 4 is 29.2 Å². The molecule has 0 bridgehead atoms. The second-order valence-electron chi connectivity index (χ2n) is 4.25. The summed E-state index contributed by atoms with van der Waals surface area (Å²) in [6.45, 7) is 1.65. The first-order chi connectivity index (χ1) is 9.79. The molecule has 0 aromatic heterocycles. The molecule has 5 nitrogen and oxygen atoms in total. The Morgan fingerprint density at radius 1 is 0.952 bits per heavy atom. The molecule has 0 aliphatic rings. The number of benzene rings is 2. The topological polar surface area (TPSA) is 101 Å². The van der Waals surface area contributed by atoms with Crippen LogP contribution in [0.25, 0.3) is 0 Å². The predicted molar refractivity (Wildman–Crippen MR) is 81.0 cm³/mol. The summed E-state index contributed by atoms with van der Waals surface area (Å²) in [6, 6.07) is 11.0. The van der Waals surface area contributed by atoms with E-state index in [0.29, 0.717) is 5.56 Å². The number of anilines is 1. The molecule has 0 saturated heterocycles. The first kappa shape index (κ1) is 16.5. The molecule has 0 radical (unpaired) electrons. The number of aryl methyl sites for hydroxylation is 1. The van der Waals surface area contributed by atoms with E-state index in [2.05, 4.69) is 0 Å². The normalized spacial score (nSPS) is 9.43. The van der Waals surface area contributed by atoms with Gasteiger partial charge in [0.05, 0.1) is 11.1 Å². The number of aromatic carboxylic acids is 2. The number of carboxylic acid groups (broad SMARTS) is 2. The smallest absolute Gasteiger partial charge is 0.335 e. The van der Waals surface area contributed by atoms with Crippen molar-refractivity contribution in [2.75, 3.05) is 5.73 Å². The van der Waals surface area contributed by atoms with Gasteiger partial charge in [0.25, 0.3) is 0 Å². The lowest BCUT2D eigenvalue weighted by molar-refractivity contribution is 0.0696. The maximum Gasteiger partial charge on any atom is 0.335 e. The van der Waals surface area contributed by atoms with E-state index in [1.165, 1.54) is 12.1 Å².